The van der Waals surface area contributed by atoms with Crippen molar-refractivity contribution < 1.29 is 0 Å². The van der Waals surface area contributed by atoms with E-state index in [1.54, 1.807) is 12.1 Å². The number of nitrogens with two attached hydrogens (primary N) is 1. The summed E-state index contributed by atoms with van der Waals surface area (Å²) in [5.41, 5.74) is 8.58. The lowest BCUT2D eigenvalue weighted by molar-refractivity contribution is 0.870. The summed E-state index contributed by atoms with van der Waals surface area (Å²) in [6.07, 6.45) is 0. The van der Waals surface area contributed by atoms with Crippen molar-refractivity contribution in [2.75, 3.05) is 5.73 Å². The Balaban J connectivity index is 2.27. The van der Waals surface area contributed by atoms with Crippen LogP contribution in [0.5, 0.6) is 0 Å². The van der Waals surface area contributed by atoms with E-state index in [0.29, 0.717) is 11.0 Å². The molecule has 6 heteroatoms. The number of rotatable bonds is 2. The molecule has 2 aromatic rings. The standard InChI is InChI=1S/C11H13N5S/c1-6-7(2)13-11(14-8(6)3)17-10-5-4-9(12)15-16-10/h4-5H,1-3H3,(H2,12,15). The second kappa shape index (κ2) is 4.67. The maximum atomic E-state index is 5.47. The van der Waals surface area contributed by atoms with Crippen LogP contribution >= 0.6 is 11.8 Å². The number of nitrogen functional groups attached to an aromatic ring is 1. The molecule has 2 rings (SSSR count). The molecule has 0 radical (unpaired) electrons. The third-order valence-electron chi connectivity index (χ3n) is 2.47. The van der Waals surface area contributed by atoms with Crippen LogP contribution in [0.2, 0.25) is 0 Å². The molecule has 88 valence electrons. The minimum absolute atomic E-state index is 0.409. The lowest BCUT2D eigenvalue weighted by Gasteiger charge is -2.05. The molecule has 0 amide bonds. The maximum Gasteiger partial charge on any atom is 0.194 e. The molecule has 0 bridgehead atoms. The summed E-state index contributed by atoms with van der Waals surface area (Å²) in [5.74, 6) is 0.409. The Bertz CT molecular complexity index is 515. The lowest BCUT2D eigenvalue weighted by atomic mass is 10.2. The number of hydrogen-bond acceptors (Lipinski definition) is 6. The summed E-state index contributed by atoms with van der Waals surface area (Å²) < 4.78 is 0. The average molecular weight is 247 g/mol. The molecule has 0 aliphatic heterocycles. The highest BCUT2D eigenvalue weighted by molar-refractivity contribution is 7.99. The van der Waals surface area contributed by atoms with Crippen LogP contribution in [0.25, 0.3) is 0 Å². The predicted molar refractivity (Wildman–Crippen MR) is 66.8 cm³/mol. The average Bonchev–Trinajstić information content (AvgIpc) is 2.29. The van der Waals surface area contributed by atoms with Crippen LogP contribution < -0.4 is 5.73 Å². The highest BCUT2D eigenvalue weighted by Crippen LogP contribution is 2.23. The molecule has 17 heavy (non-hydrogen) atoms. The van der Waals surface area contributed by atoms with Crippen LogP contribution in [-0.2, 0) is 0 Å². The molecule has 0 unspecified atom stereocenters. The molecule has 2 N–H and O–H groups in total. The molecule has 0 aliphatic carbocycles. The Kier molecular flexibility index (Phi) is 3.23. The van der Waals surface area contributed by atoms with E-state index >= 15 is 0 Å². The van der Waals surface area contributed by atoms with E-state index in [1.807, 2.05) is 20.8 Å². The summed E-state index contributed by atoms with van der Waals surface area (Å²) in [5, 5.41) is 9.18. The van der Waals surface area contributed by atoms with Gasteiger partial charge in [0.1, 0.15) is 10.8 Å². The third-order valence-corrected chi connectivity index (χ3v) is 3.26. The first-order chi connectivity index (χ1) is 8.06. The van der Waals surface area contributed by atoms with Gasteiger partial charge in [0.2, 0.25) is 0 Å². The van der Waals surface area contributed by atoms with Crippen molar-refractivity contribution in [1.29, 1.82) is 0 Å². The molecule has 0 aromatic carbocycles. The zero-order valence-electron chi connectivity index (χ0n) is 9.93. The Morgan fingerprint density at radius 1 is 1.00 bits per heavy atom. The first kappa shape index (κ1) is 11.8. The fraction of sp³-hybridized carbons (Fsp3) is 0.273. The van der Waals surface area contributed by atoms with Crippen molar-refractivity contribution in [1.82, 2.24) is 20.2 Å². The lowest BCUT2D eigenvalue weighted by Crippen LogP contribution is -1.99. The zero-order valence-corrected chi connectivity index (χ0v) is 10.7. The monoisotopic (exact) mass is 247 g/mol. The Hall–Kier alpha value is -1.69. The molecule has 5 nitrogen and oxygen atoms in total. The van der Waals surface area contributed by atoms with Gasteiger partial charge in [0, 0.05) is 11.4 Å². The second-order valence-corrected chi connectivity index (χ2v) is 4.69. The van der Waals surface area contributed by atoms with Crippen molar-refractivity contribution in [3.63, 3.8) is 0 Å². The van der Waals surface area contributed by atoms with Crippen LogP contribution in [0.3, 0.4) is 0 Å². The summed E-state index contributed by atoms with van der Waals surface area (Å²) in [4.78, 5) is 8.81. The Morgan fingerprint density at radius 2 is 1.65 bits per heavy atom. The highest BCUT2D eigenvalue weighted by Gasteiger charge is 2.07. The smallest absolute Gasteiger partial charge is 0.194 e. The van der Waals surface area contributed by atoms with E-state index in [1.165, 1.54) is 11.8 Å². The van der Waals surface area contributed by atoms with Crippen LogP contribution in [-0.4, -0.2) is 20.2 Å². The van der Waals surface area contributed by atoms with E-state index < -0.39 is 0 Å². The van der Waals surface area contributed by atoms with Crippen molar-refractivity contribution in [2.45, 2.75) is 31.0 Å². The fourth-order valence-corrected chi connectivity index (χ4v) is 2.04. The van der Waals surface area contributed by atoms with Gasteiger partial charge in [-0.1, -0.05) is 0 Å². The van der Waals surface area contributed by atoms with Gasteiger partial charge in [0.05, 0.1) is 0 Å². The van der Waals surface area contributed by atoms with Crippen LogP contribution in [0, 0.1) is 20.8 Å². The van der Waals surface area contributed by atoms with Crippen LogP contribution in [0.4, 0.5) is 5.82 Å². The van der Waals surface area contributed by atoms with E-state index in [0.717, 1.165) is 22.0 Å². The number of aromatic nitrogens is 4. The van der Waals surface area contributed by atoms with Gasteiger partial charge in [0.25, 0.3) is 0 Å². The topological polar surface area (TPSA) is 77.6 Å². The largest absolute Gasteiger partial charge is 0.382 e. The van der Waals surface area contributed by atoms with Gasteiger partial charge in [-0.25, -0.2) is 9.97 Å². The number of aryl methyl sites for hydroxylation is 2. The third kappa shape index (κ3) is 2.71. The highest BCUT2D eigenvalue weighted by atomic mass is 32.2. The molecule has 2 heterocycles. The summed E-state index contributed by atoms with van der Waals surface area (Å²) in [6.45, 7) is 5.97. The van der Waals surface area contributed by atoms with Crippen LogP contribution in [0.15, 0.2) is 22.3 Å². The van der Waals surface area contributed by atoms with Gasteiger partial charge in [0.15, 0.2) is 5.16 Å². The predicted octanol–water partition coefficient (Wildman–Crippen LogP) is 1.93. The van der Waals surface area contributed by atoms with Crippen molar-refractivity contribution in [2.24, 2.45) is 0 Å². The van der Waals surface area contributed by atoms with Gasteiger partial charge in [-0.3, -0.25) is 0 Å². The molecular weight excluding hydrogens is 234 g/mol. The molecule has 0 fully saturated rings. The number of anilines is 1. The van der Waals surface area contributed by atoms with Gasteiger partial charge in [-0.2, -0.15) is 0 Å². The van der Waals surface area contributed by atoms with E-state index in [4.69, 9.17) is 5.73 Å². The van der Waals surface area contributed by atoms with Crippen molar-refractivity contribution in [3.8, 4) is 0 Å². The number of hydrogen-bond donors (Lipinski definition) is 1. The van der Waals surface area contributed by atoms with Gasteiger partial charge >= 0.3 is 0 Å². The fourth-order valence-electron chi connectivity index (χ4n) is 1.27. The van der Waals surface area contributed by atoms with Gasteiger partial charge < -0.3 is 5.73 Å². The molecular formula is C11H13N5S. The first-order valence-corrected chi connectivity index (χ1v) is 5.97. The van der Waals surface area contributed by atoms with E-state index in [2.05, 4.69) is 20.2 Å². The second-order valence-electron chi connectivity index (χ2n) is 3.70. The summed E-state index contributed by atoms with van der Waals surface area (Å²) in [6, 6.07) is 3.52. The Morgan fingerprint density at radius 3 is 2.18 bits per heavy atom. The van der Waals surface area contributed by atoms with Gasteiger partial charge in [-0.15, -0.1) is 10.2 Å². The molecule has 0 atom stereocenters. The van der Waals surface area contributed by atoms with E-state index in [9.17, 15) is 0 Å². The molecule has 0 aliphatic rings. The summed E-state index contributed by atoms with van der Waals surface area (Å²) >= 11 is 1.38. The van der Waals surface area contributed by atoms with Crippen molar-refractivity contribution in [3.05, 3.63) is 29.1 Å². The van der Waals surface area contributed by atoms with E-state index in [-0.39, 0.29) is 0 Å². The molecule has 0 saturated carbocycles. The SMILES string of the molecule is Cc1nc(Sc2ccc(N)nn2)nc(C)c1C. The first-order valence-electron chi connectivity index (χ1n) is 5.15. The minimum atomic E-state index is 0.409. The normalized spacial score (nSPS) is 10.5. The van der Waals surface area contributed by atoms with Crippen LogP contribution in [0.1, 0.15) is 17.0 Å². The zero-order chi connectivity index (χ0) is 12.4. The molecule has 0 spiro atoms. The maximum absolute atomic E-state index is 5.47. The molecule has 0 saturated heterocycles. The van der Waals surface area contributed by atoms with Crippen molar-refractivity contribution >= 4 is 17.6 Å². The number of nitrogens with zero attached hydrogens (tertiary/aromatic N) is 4. The quantitative estimate of drug-likeness (QED) is 0.817. The summed E-state index contributed by atoms with van der Waals surface area (Å²) in [7, 11) is 0. The van der Waals surface area contributed by atoms with Gasteiger partial charge in [-0.05, 0) is 50.2 Å². The Labute approximate surface area is 104 Å². The minimum Gasteiger partial charge on any atom is -0.382 e. The molecule has 2 aromatic heterocycles.